The smallest absolute Gasteiger partial charge is 0.174 e. The zero-order chi connectivity index (χ0) is 21.4. The van der Waals surface area contributed by atoms with Gasteiger partial charge >= 0.3 is 0 Å². The number of phenols is 1. The van der Waals surface area contributed by atoms with Crippen molar-refractivity contribution in [3.63, 3.8) is 0 Å². The van der Waals surface area contributed by atoms with Gasteiger partial charge in [-0.15, -0.1) is 0 Å². The van der Waals surface area contributed by atoms with Crippen molar-refractivity contribution in [3.05, 3.63) is 108 Å². The minimum atomic E-state index is -0.111. The summed E-state index contributed by atoms with van der Waals surface area (Å²) >= 11 is 5.82. The predicted molar refractivity (Wildman–Crippen MR) is 127 cm³/mol. The van der Waals surface area contributed by atoms with Crippen LogP contribution in [-0.4, -0.2) is 19.8 Å². The first-order valence-corrected chi connectivity index (χ1v) is 10.6. The quantitative estimate of drug-likeness (QED) is 0.447. The van der Waals surface area contributed by atoms with Gasteiger partial charge in [-0.05, 0) is 85.4 Å². The summed E-state index contributed by atoms with van der Waals surface area (Å²) < 4.78 is 2.14. The minimum Gasteiger partial charge on any atom is -0.508 e. The molecule has 1 fully saturated rings. The highest BCUT2D eigenvalue weighted by molar-refractivity contribution is 7.80. The molecule has 1 saturated heterocycles. The maximum Gasteiger partial charge on any atom is 0.174 e. The summed E-state index contributed by atoms with van der Waals surface area (Å²) in [6.45, 7) is 2.08. The molecule has 0 saturated carbocycles. The number of aromatic nitrogens is 2. The van der Waals surface area contributed by atoms with Crippen molar-refractivity contribution in [3.8, 4) is 11.4 Å². The Hall–Kier alpha value is -3.64. The number of hydrogen-bond donors (Lipinski definition) is 2. The van der Waals surface area contributed by atoms with Crippen LogP contribution < -0.4 is 10.2 Å². The molecule has 1 aliphatic heterocycles. The van der Waals surface area contributed by atoms with Crippen molar-refractivity contribution in [2.75, 3.05) is 4.90 Å². The lowest BCUT2D eigenvalue weighted by Gasteiger charge is -2.29. The standard InChI is InChI=1S/C25H22N4OS/c1-17-6-4-7-19(16-17)29-24(23(27-25(29)31)21-8-2-3-14-26-21)22-9-5-15-28(22)18-10-12-20(30)13-11-18/h2-16,23-24,30H,1H3,(H,27,31)/t23-,24-/m0/s1. The highest BCUT2D eigenvalue weighted by Crippen LogP contribution is 2.42. The van der Waals surface area contributed by atoms with Gasteiger partial charge in [-0.3, -0.25) is 4.98 Å². The average molecular weight is 427 g/mol. The monoisotopic (exact) mass is 426 g/mol. The van der Waals surface area contributed by atoms with Gasteiger partial charge in [0.05, 0.1) is 11.7 Å². The van der Waals surface area contributed by atoms with E-state index in [4.69, 9.17) is 12.2 Å². The first-order chi connectivity index (χ1) is 15.1. The zero-order valence-electron chi connectivity index (χ0n) is 17.0. The fourth-order valence-electron chi connectivity index (χ4n) is 4.19. The Bertz CT molecular complexity index is 1220. The van der Waals surface area contributed by atoms with E-state index in [2.05, 4.69) is 57.0 Å². The van der Waals surface area contributed by atoms with Gasteiger partial charge in [0.15, 0.2) is 5.11 Å². The highest BCUT2D eigenvalue weighted by atomic mass is 32.1. The molecule has 2 atom stereocenters. The van der Waals surface area contributed by atoms with Gasteiger partial charge < -0.3 is 19.9 Å². The van der Waals surface area contributed by atoms with Crippen LogP contribution in [0.25, 0.3) is 5.69 Å². The van der Waals surface area contributed by atoms with Gasteiger partial charge in [0, 0.05) is 29.5 Å². The molecule has 0 radical (unpaired) electrons. The third-order valence-electron chi connectivity index (χ3n) is 5.59. The van der Waals surface area contributed by atoms with E-state index in [0.717, 1.165) is 22.8 Å². The van der Waals surface area contributed by atoms with Gasteiger partial charge in [0.25, 0.3) is 0 Å². The molecule has 0 aliphatic carbocycles. The molecule has 2 aromatic heterocycles. The third kappa shape index (κ3) is 3.55. The van der Waals surface area contributed by atoms with Crippen LogP contribution in [-0.2, 0) is 0 Å². The third-order valence-corrected chi connectivity index (χ3v) is 5.90. The van der Waals surface area contributed by atoms with Crippen LogP contribution in [0.2, 0.25) is 0 Å². The van der Waals surface area contributed by atoms with Gasteiger partial charge in [-0.1, -0.05) is 18.2 Å². The molecule has 2 aromatic carbocycles. The molecule has 31 heavy (non-hydrogen) atoms. The Morgan fingerprint density at radius 2 is 1.77 bits per heavy atom. The van der Waals surface area contributed by atoms with Crippen LogP contribution in [0.3, 0.4) is 0 Å². The molecule has 5 nitrogen and oxygen atoms in total. The lowest BCUT2D eigenvalue weighted by atomic mass is 10.0. The largest absolute Gasteiger partial charge is 0.508 e. The molecule has 4 aromatic rings. The summed E-state index contributed by atoms with van der Waals surface area (Å²) in [6, 6.07) is 25.5. The van der Waals surface area contributed by atoms with Crippen molar-refractivity contribution >= 4 is 23.0 Å². The minimum absolute atomic E-state index is 0.104. The molecular formula is C25H22N4OS. The molecule has 154 valence electrons. The van der Waals surface area contributed by atoms with E-state index >= 15 is 0 Å². The fourth-order valence-corrected chi connectivity index (χ4v) is 4.54. The molecule has 2 N–H and O–H groups in total. The van der Waals surface area contributed by atoms with Crippen molar-refractivity contribution in [1.29, 1.82) is 0 Å². The van der Waals surface area contributed by atoms with Crippen LogP contribution in [0, 0.1) is 6.92 Å². The van der Waals surface area contributed by atoms with Crippen LogP contribution in [0.5, 0.6) is 5.75 Å². The Kier molecular flexibility index (Phi) is 4.92. The maximum absolute atomic E-state index is 9.72. The Labute approximate surface area is 186 Å². The van der Waals surface area contributed by atoms with Crippen LogP contribution in [0.4, 0.5) is 5.69 Å². The Morgan fingerprint density at radius 3 is 2.52 bits per heavy atom. The first kappa shape index (κ1) is 19.3. The molecule has 0 unspecified atom stereocenters. The Balaban J connectivity index is 1.67. The van der Waals surface area contributed by atoms with Gasteiger partial charge in [-0.25, -0.2) is 0 Å². The van der Waals surface area contributed by atoms with Crippen LogP contribution in [0.15, 0.2) is 91.3 Å². The second-order valence-corrected chi connectivity index (χ2v) is 8.04. The number of aromatic hydroxyl groups is 1. The number of anilines is 1. The number of nitrogens with one attached hydrogen (secondary N) is 1. The van der Waals surface area contributed by atoms with E-state index in [1.54, 1.807) is 12.1 Å². The SMILES string of the molecule is Cc1cccc(N2C(=S)N[C@@H](c3ccccn3)[C@@H]2c2cccn2-c2ccc(O)cc2)c1. The number of aryl methyl sites for hydroxylation is 1. The van der Waals surface area contributed by atoms with E-state index in [0.29, 0.717) is 5.11 Å². The summed E-state index contributed by atoms with van der Waals surface area (Å²) in [5.74, 6) is 0.244. The molecule has 0 amide bonds. The van der Waals surface area contributed by atoms with Crippen molar-refractivity contribution in [2.24, 2.45) is 0 Å². The van der Waals surface area contributed by atoms with Gasteiger partial charge in [0.1, 0.15) is 11.8 Å². The van der Waals surface area contributed by atoms with E-state index in [-0.39, 0.29) is 17.8 Å². The lowest BCUT2D eigenvalue weighted by molar-refractivity contribution is 0.475. The summed E-state index contributed by atoms with van der Waals surface area (Å²) in [4.78, 5) is 6.80. The number of hydrogen-bond acceptors (Lipinski definition) is 3. The fraction of sp³-hybridized carbons (Fsp3) is 0.120. The molecule has 0 bridgehead atoms. The zero-order valence-corrected chi connectivity index (χ0v) is 17.8. The van der Waals surface area contributed by atoms with Crippen molar-refractivity contribution in [2.45, 2.75) is 19.0 Å². The average Bonchev–Trinajstić information content (AvgIpc) is 3.39. The van der Waals surface area contributed by atoms with E-state index < -0.39 is 0 Å². The summed E-state index contributed by atoms with van der Waals surface area (Å²) in [7, 11) is 0. The summed E-state index contributed by atoms with van der Waals surface area (Å²) in [5, 5.41) is 13.9. The summed E-state index contributed by atoms with van der Waals surface area (Å²) in [5.41, 5.74) is 5.20. The number of nitrogens with zero attached hydrogens (tertiary/aromatic N) is 3. The van der Waals surface area contributed by atoms with Crippen LogP contribution >= 0.6 is 12.2 Å². The molecule has 5 rings (SSSR count). The normalized spacial score (nSPS) is 18.2. The van der Waals surface area contributed by atoms with E-state index in [1.165, 1.54) is 5.56 Å². The van der Waals surface area contributed by atoms with E-state index in [1.807, 2.05) is 48.8 Å². The predicted octanol–water partition coefficient (Wildman–Crippen LogP) is 5.06. The molecule has 1 aliphatic rings. The number of thiocarbonyl (C=S) groups is 1. The first-order valence-electron chi connectivity index (χ1n) is 10.2. The second kappa shape index (κ2) is 7.89. The number of benzene rings is 2. The van der Waals surface area contributed by atoms with Gasteiger partial charge in [-0.2, -0.15) is 0 Å². The number of rotatable bonds is 4. The van der Waals surface area contributed by atoms with Crippen LogP contribution in [0.1, 0.15) is 29.0 Å². The molecule has 0 spiro atoms. The number of pyridine rings is 1. The molecular weight excluding hydrogens is 404 g/mol. The number of phenolic OH excluding ortho intramolecular Hbond substituents is 1. The van der Waals surface area contributed by atoms with Gasteiger partial charge in [0.2, 0.25) is 0 Å². The summed E-state index contributed by atoms with van der Waals surface area (Å²) in [6.07, 6.45) is 3.85. The topological polar surface area (TPSA) is 53.3 Å². The Morgan fingerprint density at radius 1 is 0.935 bits per heavy atom. The van der Waals surface area contributed by atoms with Crippen molar-refractivity contribution < 1.29 is 5.11 Å². The lowest BCUT2D eigenvalue weighted by Crippen LogP contribution is -2.30. The highest BCUT2D eigenvalue weighted by Gasteiger charge is 2.42. The second-order valence-electron chi connectivity index (χ2n) is 7.66. The maximum atomic E-state index is 9.72. The molecule has 6 heteroatoms. The van der Waals surface area contributed by atoms with Crippen molar-refractivity contribution in [1.82, 2.24) is 14.9 Å². The van der Waals surface area contributed by atoms with E-state index in [9.17, 15) is 5.11 Å². The molecule has 3 heterocycles.